The minimum absolute atomic E-state index is 0.00574. The Morgan fingerprint density at radius 2 is 1.77 bits per heavy atom. The molecule has 170 valence electrons. The molecule has 4 aliphatic rings. The van der Waals surface area contributed by atoms with Crippen LogP contribution in [0.25, 0.3) is 0 Å². The van der Waals surface area contributed by atoms with Gasteiger partial charge in [0, 0.05) is 12.8 Å². The Labute approximate surface area is 187 Å². The van der Waals surface area contributed by atoms with E-state index in [0.29, 0.717) is 36.4 Å². The van der Waals surface area contributed by atoms with E-state index in [4.69, 9.17) is 4.18 Å². The number of rotatable bonds is 3. The molecule has 0 aromatic heterocycles. The largest absolute Gasteiger partial charge is 0.300 e. The van der Waals surface area contributed by atoms with Crippen LogP contribution in [0.3, 0.4) is 0 Å². The van der Waals surface area contributed by atoms with Crippen LogP contribution in [0.2, 0.25) is 0 Å². The van der Waals surface area contributed by atoms with Crippen LogP contribution in [-0.4, -0.2) is 20.3 Å². The van der Waals surface area contributed by atoms with Gasteiger partial charge in [0.2, 0.25) is 0 Å². The van der Waals surface area contributed by atoms with Crippen LogP contribution >= 0.6 is 0 Å². The third kappa shape index (κ3) is 3.51. The lowest BCUT2D eigenvalue weighted by atomic mass is 9.44. The molecule has 0 amide bonds. The van der Waals surface area contributed by atoms with Gasteiger partial charge in [0.15, 0.2) is 0 Å². The summed E-state index contributed by atoms with van der Waals surface area (Å²) in [5.74, 6) is 2.14. The smallest absolute Gasteiger partial charge is 0.297 e. The Morgan fingerprint density at radius 1 is 1.03 bits per heavy atom. The van der Waals surface area contributed by atoms with Crippen molar-refractivity contribution in [3.05, 3.63) is 29.8 Å². The van der Waals surface area contributed by atoms with Crippen molar-refractivity contribution < 1.29 is 17.4 Å². The van der Waals surface area contributed by atoms with E-state index in [-0.39, 0.29) is 27.7 Å². The van der Waals surface area contributed by atoms with Crippen molar-refractivity contribution in [3.63, 3.8) is 0 Å². The van der Waals surface area contributed by atoms with Gasteiger partial charge in [-0.25, -0.2) is 0 Å². The third-order valence-corrected chi connectivity index (χ3v) is 11.1. The zero-order chi connectivity index (χ0) is 22.0. The van der Waals surface area contributed by atoms with Gasteiger partial charge in [-0.2, -0.15) is 8.42 Å². The van der Waals surface area contributed by atoms with E-state index in [2.05, 4.69) is 13.8 Å². The average Bonchev–Trinajstić information content (AvgIpc) is 3.09. The van der Waals surface area contributed by atoms with E-state index in [1.54, 1.807) is 12.1 Å². The van der Waals surface area contributed by atoms with Crippen molar-refractivity contribution in [2.24, 2.45) is 34.5 Å². The zero-order valence-corrected chi connectivity index (χ0v) is 19.9. The van der Waals surface area contributed by atoms with Crippen molar-refractivity contribution in [2.75, 3.05) is 0 Å². The minimum atomic E-state index is -3.83. The van der Waals surface area contributed by atoms with Crippen LogP contribution in [0.15, 0.2) is 29.2 Å². The van der Waals surface area contributed by atoms with Crippen molar-refractivity contribution in [1.29, 1.82) is 0 Å². The summed E-state index contributed by atoms with van der Waals surface area (Å²) in [6.45, 7) is 6.67. The van der Waals surface area contributed by atoms with Crippen molar-refractivity contribution >= 4 is 15.9 Å². The van der Waals surface area contributed by atoms with Gasteiger partial charge in [0.25, 0.3) is 10.1 Å². The quantitative estimate of drug-likeness (QED) is 0.563. The molecule has 1 aromatic carbocycles. The number of carbonyl (C=O) groups is 1. The average molecular weight is 445 g/mol. The van der Waals surface area contributed by atoms with Crippen molar-refractivity contribution in [1.82, 2.24) is 0 Å². The van der Waals surface area contributed by atoms with Gasteiger partial charge in [-0.1, -0.05) is 38.0 Å². The van der Waals surface area contributed by atoms with Crippen LogP contribution in [0.5, 0.6) is 0 Å². The molecule has 0 heterocycles. The number of Topliss-reactive ketones (excluding diaryl/α,β-unsaturated/α-hetero) is 1. The second-order valence-electron chi connectivity index (χ2n) is 11.5. The SMILES string of the molecule is Cc1ccc(S(=O)(=O)O[C@@H]2C[C@]3(C)CCC[C@@H]3[C@@H]3CC[C@H]4CC(=O)CC[C@]4(C)[C@H]32)cc1. The van der Waals surface area contributed by atoms with Gasteiger partial charge < -0.3 is 0 Å². The van der Waals surface area contributed by atoms with E-state index in [1.807, 2.05) is 19.1 Å². The zero-order valence-electron chi connectivity index (χ0n) is 19.1. The lowest BCUT2D eigenvalue weighted by Gasteiger charge is -2.61. The molecule has 31 heavy (non-hydrogen) atoms. The first-order valence-electron chi connectivity index (χ1n) is 12.1. The van der Waals surface area contributed by atoms with Gasteiger partial charge in [0.1, 0.15) is 5.78 Å². The van der Waals surface area contributed by atoms with E-state index in [1.165, 1.54) is 19.3 Å². The minimum Gasteiger partial charge on any atom is -0.300 e. The lowest BCUT2D eigenvalue weighted by molar-refractivity contribution is -0.160. The summed E-state index contributed by atoms with van der Waals surface area (Å²) in [5.41, 5.74) is 1.20. The second-order valence-corrected chi connectivity index (χ2v) is 13.0. The summed E-state index contributed by atoms with van der Waals surface area (Å²) >= 11 is 0. The third-order valence-electron chi connectivity index (χ3n) is 9.72. The van der Waals surface area contributed by atoms with Crippen LogP contribution in [0.4, 0.5) is 0 Å². The summed E-state index contributed by atoms with van der Waals surface area (Å²) < 4.78 is 32.8. The molecule has 5 rings (SSSR count). The molecular formula is C26H36O4S. The van der Waals surface area contributed by atoms with Gasteiger partial charge in [0.05, 0.1) is 11.0 Å². The molecule has 4 fully saturated rings. The van der Waals surface area contributed by atoms with Crippen LogP contribution in [0, 0.1) is 41.4 Å². The Hall–Kier alpha value is -1.20. The Kier molecular flexibility index (Phi) is 5.17. The lowest BCUT2D eigenvalue weighted by Crippen LogP contribution is -2.58. The molecule has 5 heteroatoms. The normalized spacial score (nSPS) is 42.5. The molecule has 0 unspecified atom stereocenters. The van der Waals surface area contributed by atoms with Gasteiger partial charge in [-0.15, -0.1) is 0 Å². The van der Waals surface area contributed by atoms with E-state index in [9.17, 15) is 13.2 Å². The fourth-order valence-electron chi connectivity index (χ4n) is 8.16. The Balaban J connectivity index is 1.52. The van der Waals surface area contributed by atoms with Crippen molar-refractivity contribution in [3.8, 4) is 0 Å². The molecular weight excluding hydrogens is 408 g/mol. The number of carbonyl (C=O) groups excluding carboxylic acids is 1. The number of fused-ring (bicyclic) bond motifs is 5. The van der Waals surface area contributed by atoms with E-state index < -0.39 is 10.1 Å². The maximum absolute atomic E-state index is 13.3. The maximum atomic E-state index is 13.3. The topological polar surface area (TPSA) is 60.4 Å². The number of aryl methyl sites for hydroxylation is 1. The fraction of sp³-hybridized carbons (Fsp3) is 0.731. The number of hydrogen-bond acceptors (Lipinski definition) is 4. The molecule has 4 nitrogen and oxygen atoms in total. The predicted octanol–water partition coefficient (Wildman–Crippen LogP) is 5.68. The monoisotopic (exact) mass is 444 g/mol. The van der Waals surface area contributed by atoms with E-state index in [0.717, 1.165) is 31.2 Å². The molecule has 4 saturated carbocycles. The standard InChI is InChI=1S/C26H36O4S/c1-17-6-9-20(10-7-17)31(28,29)30-23-16-25(2)13-4-5-22(25)21-11-8-18-15-19(27)12-14-26(18,3)24(21)23/h6-7,9-10,18,21-24H,4-5,8,11-16H2,1-3H3/t18-,21-,22+,23+,24+,25-,26-/m0/s1. The molecule has 0 spiro atoms. The van der Waals surface area contributed by atoms with Gasteiger partial charge in [-0.3, -0.25) is 8.98 Å². The molecule has 0 saturated heterocycles. The first kappa shape index (κ1) is 21.6. The second kappa shape index (κ2) is 7.41. The molecule has 0 bridgehead atoms. The maximum Gasteiger partial charge on any atom is 0.297 e. The Morgan fingerprint density at radius 3 is 2.52 bits per heavy atom. The number of ketones is 1. The fourth-order valence-corrected chi connectivity index (χ4v) is 9.25. The molecule has 4 aliphatic carbocycles. The van der Waals surface area contributed by atoms with Crippen LogP contribution in [-0.2, 0) is 19.1 Å². The first-order valence-corrected chi connectivity index (χ1v) is 13.5. The van der Waals surface area contributed by atoms with E-state index >= 15 is 0 Å². The highest BCUT2D eigenvalue weighted by molar-refractivity contribution is 7.86. The predicted molar refractivity (Wildman–Crippen MR) is 120 cm³/mol. The number of benzene rings is 1. The summed E-state index contributed by atoms with van der Waals surface area (Å²) in [4.78, 5) is 12.5. The highest BCUT2D eigenvalue weighted by Crippen LogP contribution is 2.66. The summed E-state index contributed by atoms with van der Waals surface area (Å²) in [5, 5.41) is 0. The highest BCUT2D eigenvalue weighted by atomic mass is 32.2. The summed E-state index contributed by atoms with van der Waals surface area (Å²) in [6.07, 6.45) is 8.59. The first-order chi connectivity index (χ1) is 14.6. The number of hydrogen-bond donors (Lipinski definition) is 0. The molecule has 1 aromatic rings. The Bertz CT molecular complexity index is 968. The summed E-state index contributed by atoms with van der Waals surface area (Å²) in [6, 6.07) is 6.99. The van der Waals surface area contributed by atoms with Crippen LogP contribution < -0.4 is 0 Å². The summed E-state index contributed by atoms with van der Waals surface area (Å²) in [7, 11) is -3.83. The molecule has 0 aliphatic heterocycles. The molecule has 0 radical (unpaired) electrons. The van der Waals surface area contributed by atoms with Gasteiger partial charge in [-0.05, 0) is 92.1 Å². The molecule has 7 atom stereocenters. The highest BCUT2D eigenvalue weighted by Gasteiger charge is 2.62. The van der Waals surface area contributed by atoms with Crippen LogP contribution in [0.1, 0.15) is 77.2 Å². The van der Waals surface area contributed by atoms with Gasteiger partial charge >= 0.3 is 0 Å². The molecule has 0 N–H and O–H groups in total. The van der Waals surface area contributed by atoms with Crippen molar-refractivity contribution in [2.45, 2.75) is 89.6 Å².